The van der Waals surface area contributed by atoms with E-state index in [2.05, 4.69) is 41.5 Å². The summed E-state index contributed by atoms with van der Waals surface area (Å²) in [5.41, 5.74) is -2.83. The molecule has 6 fully saturated rings. The molecule has 4 saturated carbocycles. The Hall–Kier alpha value is -0.400. The van der Waals surface area contributed by atoms with Crippen molar-refractivity contribution in [1.29, 1.82) is 0 Å². The van der Waals surface area contributed by atoms with Crippen LogP contribution < -0.4 is 0 Å². The largest absolute Gasteiger partial charge is 0.394 e. The first-order valence-corrected chi connectivity index (χ1v) is 17.9. The van der Waals surface area contributed by atoms with Crippen molar-refractivity contribution in [3.05, 3.63) is 0 Å². The van der Waals surface area contributed by atoms with Crippen molar-refractivity contribution in [2.24, 2.45) is 45.3 Å². The normalized spacial score (nSPS) is 57.1. The van der Waals surface area contributed by atoms with Crippen molar-refractivity contribution >= 4 is 0 Å². The van der Waals surface area contributed by atoms with E-state index in [1.165, 1.54) is 0 Å². The SMILES string of the molecule is CC(C)(O)[C@@H]1CC[C@@](C)([C@H]2CC[C@]3(C)[C@@H]2[C@H](O)C[C@@H]2[C@@]4(C)CC[C@H](O)C(C)(C)[C@@H]4[C@@H](O[C@@H]4O[C@H](CO)[C@H](O)[C@H](O)[C@H]4O)C[C@]23C)O1. The van der Waals surface area contributed by atoms with Crippen molar-refractivity contribution in [3.8, 4) is 0 Å². The van der Waals surface area contributed by atoms with Crippen LogP contribution in [0.5, 0.6) is 0 Å². The third kappa shape index (κ3) is 4.94. The molecule has 0 amide bonds. The number of hydrogen-bond acceptors (Lipinski definition) is 10. The molecule has 17 atom stereocenters. The smallest absolute Gasteiger partial charge is 0.186 e. The number of rotatable bonds is 5. The summed E-state index contributed by atoms with van der Waals surface area (Å²) in [5, 5.41) is 76.4. The monoisotopic (exact) mass is 654 g/mol. The summed E-state index contributed by atoms with van der Waals surface area (Å²) in [4.78, 5) is 0. The van der Waals surface area contributed by atoms with E-state index >= 15 is 0 Å². The predicted molar refractivity (Wildman–Crippen MR) is 169 cm³/mol. The lowest BCUT2D eigenvalue weighted by Crippen LogP contribution is -2.71. The van der Waals surface area contributed by atoms with Crippen LogP contribution in [-0.2, 0) is 14.2 Å². The van der Waals surface area contributed by atoms with Crippen molar-refractivity contribution in [2.45, 2.75) is 173 Å². The Balaban J connectivity index is 1.38. The zero-order valence-electron chi connectivity index (χ0n) is 29.2. The Morgan fingerprint density at radius 1 is 0.826 bits per heavy atom. The summed E-state index contributed by atoms with van der Waals surface area (Å²) < 4.78 is 19.4. The van der Waals surface area contributed by atoms with Gasteiger partial charge in [0.2, 0.25) is 0 Å². The van der Waals surface area contributed by atoms with Gasteiger partial charge in [0.25, 0.3) is 0 Å². The summed E-state index contributed by atoms with van der Waals surface area (Å²) >= 11 is 0. The first-order valence-electron chi connectivity index (χ1n) is 17.9. The van der Waals surface area contributed by atoms with Crippen LogP contribution >= 0.6 is 0 Å². The zero-order valence-corrected chi connectivity index (χ0v) is 29.2. The van der Waals surface area contributed by atoms with Crippen LogP contribution in [0.3, 0.4) is 0 Å². The Kier molecular flexibility index (Phi) is 8.71. The molecule has 2 heterocycles. The molecule has 6 aliphatic rings. The van der Waals surface area contributed by atoms with E-state index in [0.29, 0.717) is 19.3 Å². The van der Waals surface area contributed by atoms with Gasteiger partial charge in [0, 0.05) is 0 Å². The van der Waals surface area contributed by atoms with Gasteiger partial charge in [0.05, 0.1) is 42.2 Å². The minimum Gasteiger partial charge on any atom is -0.394 e. The highest BCUT2D eigenvalue weighted by Gasteiger charge is 2.74. The lowest BCUT2D eigenvalue weighted by molar-refractivity contribution is -0.347. The first kappa shape index (κ1) is 35.4. The van der Waals surface area contributed by atoms with Gasteiger partial charge in [-0.2, -0.15) is 0 Å². The van der Waals surface area contributed by atoms with Gasteiger partial charge in [0.1, 0.15) is 24.4 Å². The Bertz CT molecular complexity index is 1140. The highest BCUT2D eigenvalue weighted by molar-refractivity contribution is 5.22. The fourth-order valence-corrected chi connectivity index (χ4v) is 12.7. The summed E-state index contributed by atoms with van der Waals surface area (Å²) in [6, 6.07) is 0. The molecule has 0 aromatic carbocycles. The maximum Gasteiger partial charge on any atom is 0.186 e. The quantitative estimate of drug-likeness (QED) is 0.219. The van der Waals surface area contributed by atoms with Crippen LogP contribution in [0.15, 0.2) is 0 Å². The number of aliphatic hydroxyl groups is 7. The molecule has 0 aromatic heterocycles. The van der Waals surface area contributed by atoms with E-state index in [-0.39, 0.29) is 46.0 Å². The second-order valence-electron chi connectivity index (χ2n) is 18.4. The van der Waals surface area contributed by atoms with Crippen molar-refractivity contribution < 1.29 is 50.0 Å². The van der Waals surface area contributed by atoms with Crippen LogP contribution in [0.1, 0.15) is 107 Å². The molecule has 7 N–H and O–H groups in total. The van der Waals surface area contributed by atoms with Crippen molar-refractivity contribution in [1.82, 2.24) is 0 Å². The van der Waals surface area contributed by atoms with Gasteiger partial charge in [-0.1, -0.05) is 34.6 Å². The molecule has 0 aromatic rings. The molecule has 10 heteroatoms. The molecule has 0 radical (unpaired) electrons. The molecule has 6 rings (SSSR count). The predicted octanol–water partition coefficient (Wildman–Crippen LogP) is 2.51. The van der Waals surface area contributed by atoms with Gasteiger partial charge >= 0.3 is 0 Å². The maximum absolute atomic E-state index is 12.2. The van der Waals surface area contributed by atoms with Crippen molar-refractivity contribution in [3.63, 3.8) is 0 Å². The number of hydrogen-bond donors (Lipinski definition) is 7. The first-order chi connectivity index (χ1) is 21.2. The number of fused-ring (bicyclic) bond motifs is 5. The Morgan fingerprint density at radius 3 is 2.11 bits per heavy atom. The van der Waals surface area contributed by atoms with Crippen LogP contribution in [0.25, 0.3) is 0 Å². The zero-order chi connectivity index (χ0) is 34.0. The Morgan fingerprint density at radius 2 is 1.50 bits per heavy atom. The van der Waals surface area contributed by atoms with E-state index in [4.69, 9.17) is 14.2 Å². The highest BCUT2D eigenvalue weighted by Crippen LogP contribution is 2.76. The van der Waals surface area contributed by atoms with Gasteiger partial charge in [0.15, 0.2) is 6.29 Å². The third-order valence-electron chi connectivity index (χ3n) is 15.3. The summed E-state index contributed by atoms with van der Waals surface area (Å²) in [7, 11) is 0. The molecule has 0 spiro atoms. The molecule has 2 saturated heterocycles. The molecule has 0 unspecified atom stereocenters. The van der Waals surface area contributed by atoms with E-state index in [0.717, 1.165) is 32.1 Å². The molecule has 266 valence electrons. The molecular formula is C36H62O10. The van der Waals surface area contributed by atoms with E-state index in [1.807, 2.05) is 0 Å². The molecule has 4 aliphatic carbocycles. The molecule has 10 nitrogen and oxygen atoms in total. The van der Waals surface area contributed by atoms with Crippen LogP contribution in [0.2, 0.25) is 0 Å². The average molecular weight is 655 g/mol. The lowest BCUT2D eigenvalue weighted by atomic mass is 9.34. The second kappa shape index (κ2) is 11.3. The fraction of sp³-hybridized carbons (Fsp3) is 1.00. The van der Waals surface area contributed by atoms with Gasteiger partial charge in [-0.15, -0.1) is 0 Å². The molecule has 2 aliphatic heterocycles. The van der Waals surface area contributed by atoms with Crippen LogP contribution in [-0.4, -0.2) is 109 Å². The second-order valence-corrected chi connectivity index (χ2v) is 18.4. The molecule has 46 heavy (non-hydrogen) atoms. The van der Waals surface area contributed by atoms with Crippen molar-refractivity contribution in [2.75, 3.05) is 6.61 Å². The van der Waals surface area contributed by atoms with Gasteiger partial charge in [-0.25, -0.2) is 0 Å². The highest BCUT2D eigenvalue weighted by atomic mass is 16.7. The lowest BCUT2D eigenvalue weighted by Gasteiger charge is -2.72. The fourth-order valence-electron chi connectivity index (χ4n) is 12.7. The standard InChI is InChI=1S/C36H62O10/c1-31(2)23(39)10-12-33(5)22-15-19(38)25-18(36(8)14-11-24(46-36)32(3,4)43)9-13-34(25,6)35(22,7)16-20(29(31)33)44-30-28(42)27(41)26(40)21(17-37)45-30/h18-30,37-43H,9-17H2,1-8H3/t18-,19+,20-,21+,22+,23-,24-,25-,26-,27-,28+,29-,30+,33+,34+,35+,36-/m0/s1. The summed E-state index contributed by atoms with van der Waals surface area (Å²) in [6.45, 7) is 16.4. The summed E-state index contributed by atoms with van der Waals surface area (Å²) in [5.74, 6) is 0.0944. The van der Waals surface area contributed by atoms with Crippen LogP contribution in [0, 0.1) is 45.3 Å². The number of ether oxygens (including phenoxy) is 3. The van der Waals surface area contributed by atoms with Crippen LogP contribution in [0.4, 0.5) is 0 Å². The van der Waals surface area contributed by atoms with E-state index < -0.39 is 72.2 Å². The van der Waals surface area contributed by atoms with Gasteiger partial charge in [-0.05, 0) is 117 Å². The minimum atomic E-state index is -1.54. The molecule has 0 bridgehead atoms. The third-order valence-corrected chi connectivity index (χ3v) is 15.3. The topological polar surface area (TPSA) is 169 Å². The average Bonchev–Trinajstić information content (AvgIpc) is 3.55. The summed E-state index contributed by atoms with van der Waals surface area (Å²) in [6.07, 6.45) is -2.57. The molecular weight excluding hydrogens is 592 g/mol. The van der Waals surface area contributed by atoms with Gasteiger partial charge < -0.3 is 50.0 Å². The Labute approximate surface area is 274 Å². The maximum atomic E-state index is 12.2. The number of aliphatic hydroxyl groups excluding tert-OH is 6. The van der Waals surface area contributed by atoms with Gasteiger partial charge in [-0.3, -0.25) is 0 Å². The van der Waals surface area contributed by atoms with E-state index in [9.17, 15) is 35.7 Å². The minimum absolute atomic E-state index is 0.0189. The van der Waals surface area contributed by atoms with E-state index in [1.54, 1.807) is 13.8 Å².